The van der Waals surface area contributed by atoms with Gasteiger partial charge in [-0.1, -0.05) is 0 Å². The molecule has 0 atom stereocenters. The Morgan fingerprint density at radius 2 is 1.02 bits per heavy atom. The predicted octanol–water partition coefficient (Wildman–Crippen LogP) is 0.178. The molecule has 5 heterocycles. The molecule has 13 N–H and O–H groups in total. The average molecular weight is 801 g/mol. The van der Waals surface area contributed by atoms with Gasteiger partial charge in [-0.15, -0.1) is 0 Å². The van der Waals surface area contributed by atoms with Gasteiger partial charge >= 0.3 is 0 Å². The van der Waals surface area contributed by atoms with Gasteiger partial charge in [0.25, 0.3) is 29.5 Å². The van der Waals surface area contributed by atoms with Gasteiger partial charge in [-0.2, -0.15) is 0 Å². The first-order valence-electron chi connectivity index (χ1n) is 17.7. The fraction of sp³-hybridized carbons (Fsp3) is 0.265. The summed E-state index contributed by atoms with van der Waals surface area (Å²) >= 11 is 0. The monoisotopic (exact) mass is 800 g/mol. The number of carbonyl (C=O) groups excluding carboxylic acids is 8. The number of H-pyrrole nitrogens is 5. The molecule has 0 saturated heterocycles. The zero-order chi connectivity index (χ0) is 41.6. The molecule has 24 heteroatoms. The Morgan fingerprint density at radius 3 is 1.50 bits per heavy atom. The number of rotatable bonds is 19. The van der Waals surface area contributed by atoms with E-state index in [2.05, 4.69) is 82.4 Å². The second-order valence-corrected chi connectivity index (χ2v) is 12.6. The topological polar surface area (TPSA) is 350 Å². The number of anilines is 4. The highest BCUT2D eigenvalue weighted by molar-refractivity contribution is 6.04. The van der Waals surface area contributed by atoms with Crippen LogP contribution < -0.4 is 42.5 Å². The highest BCUT2D eigenvalue weighted by Crippen LogP contribution is 2.13. The van der Waals surface area contributed by atoms with Crippen LogP contribution in [0.4, 0.5) is 23.0 Å². The van der Waals surface area contributed by atoms with Gasteiger partial charge in [-0.05, 0) is 26.0 Å². The van der Waals surface area contributed by atoms with Gasteiger partial charge < -0.3 is 67.5 Å². The van der Waals surface area contributed by atoms with Gasteiger partial charge in [-0.3, -0.25) is 38.4 Å². The SMILES string of the molecule is CC(C)NC(=O)CCNC(=O)c1ncc(NC(=O)CCNC(=O)c2cc(NC(=O)c3ncc(NC(=O)CCNC(=O)c4cc(NC(=O)c5ncc[nH]5)c[nH]4)[nH]3)c[nH]2)[nH]1. The smallest absolute Gasteiger partial charge is 0.291 e. The van der Waals surface area contributed by atoms with Crippen molar-refractivity contribution in [1.29, 1.82) is 0 Å². The maximum absolute atomic E-state index is 12.7. The Bertz CT molecular complexity index is 2260. The van der Waals surface area contributed by atoms with Crippen LogP contribution in [-0.4, -0.2) is 113 Å². The van der Waals surface area contributed by atoms with Gasteiger partial charge in [-0.25, -0.2) is 15.0 Å². The Labute approximate surface area is 327 Å². The molecule has 5 aromatic rings. The number of imidazole rings is 3. The van der Waals surface area contributed by atoms with Crippen LogP contribution in [0.25, 0.3) is 0 Å². The molecule has 0 aliphatic heterocycles. The Morgan fingerprint density at radius 1 is 0.552 bits per heavy atom. The lowest BCUT2D eigenvalue weighted by molar-refractivity contribution is -0.121. The van der Waals surface area contributed by atoms with Crippen molar-refractivity contribution < 1.29 is 38.4 Å². The van der Waals surface area contributed by atoms with E-state index >= 15 is 0 Å². The van der Waals surface area contributed by atoms with E-state index in [4.69, 9.17) is 0 Å². The highest BCUT2D eigenvalue weighted by atomic mass is 16.2. The van der Waals surface area contributed by atoms with Crippen LogP contribution in [0, 0.1) is 0 Å². The van der Waals surface area contributed by atoms with Crippen LogP contribution in [0.5, 0.6) is 0 Å². The van der Waals surface area contributed by atoms with E-state index in [1.807, 2.05) is 13.8 Å². The number of carbonyl (C=O) groups is 8. The third kappa shape index (κ3) is 12.2. The minimum Gasteiger partial charge on any atom is -0.355 e. The number of nitrogens with one attached hydrogen (secondary N) is 13. The summed E-state index contributed by atoms with van der Waals surface area (Å²) in [6.45, 7) is 3.69. The molecule has 5 rings (SSSR count). The minimum absolute atomic E-state index is 0.0142. The zero-order valence-electron chi connectivity index (χ0n) is 31.0. The number of hydrogen-bond acceptors (Lipinski definition) is 11. The van der Waals surface area contributed by atoms with Crippen LogP contribution in [0.3, 0.4) is 0 Å². The maximum Gasteiger partial charge on any atom is 0.291 e. The first kappa shape index (κ1) is 41.1. The molecule has 58 heavy (non-hydrogen) atoms. The summed E-state index contributed by atoms with van der Waals surface area (Å²) < 4.78 is 0. The highest BCUT2D eigenvalue weighted by Gasteiger charge is 2.17. The second kappa shape index (κ2) is 19.5. The fourth-order valence-electron chi connectivity index (χ4n) is 4.93. The van der Waals surface area contributed by atoms with Crippen molar-refractivity contribution in [2.45, 2.75) is 39.2 Å². The molecule has 0 radical (unpaired) electrons. The second-order valence-electron chi connectivity index (χ2n) is 12.6. The largest absolute Gasteiger partial charge is 0.355 e. The Hall–Kier alpha value is -8.05. The Kier molecular flexibility index (Phi) is 13.8. The van der Waals surface area contributed by atoms with Crippen molar-refractivity contribution in [3.05, 3.63) is 78.2 Å². The molecule has 5 aromatic heterocycles. The molecule has 8 amide bonds. The first-order valence-corrected chi connectivity index (χ1v) is 17.7. The number of aromatic nitrogens is 8. The normalized spacial score (nSPS) is 10.7. The Balaban J connectivity index is 0.964. The van der Waals surface area contributed by atoms with Crippen LogP contribution in [0.15, 0.2) is 49.3 Å². The summed E-state index contributed by atoms with van der Waals surface area (Å²) in [5, 5.41) is 20.7. The van der Waals surface area contributed by atoms with Crippen molar-refractivity contribution in [1.82, 2.24) is 61.1 Å². The van der Waals surface area contributed by atoms with Gasteiger partial charge in [0, 0.05) is 69.7 Å². The number of aromatic amines is 5. The lowest BCUT2D eigenvalue weighted by atomic mass is 10.3. The molecule has 24 nitrogen and oxygen atoms in total. The quantitative estimate of drug-likeness (QED) is 0.0534. The summed E-state index contributed by atoms with van der Waals surface area (Å²) in [5.74, 6) is -3.73. The number of hydrogen-bond donors (Lipinski definition) is 13. The molecule has 0 fully saturated rings. The zero-order valence-corrected chi connectivity index (χ0v) is 31.0. The van der Waals surface area contributed by atoms with Crippen molar-refractivity contribution >= 4 is 70.3 Å². The van der Waals surface area contributed by atoms with E-state index in [9.17, 15) is 38.4 Å². The molecule has 304 valence electrons. The molecular weight excluding hydrogens is 760 g/mol. The van der Waals surface area contributed by atoms with E-state index in [-0.39, 0.29) is 97.0 Å². The summed E-state index contributed by atoms with van der Waals surface area (Å²) in [4.78, 5) is 124. The first-order chi connectivity index (χ1) is 27.8. The van der Waals surface area contributed by atoms with Crippen LogP contribution in [0.1, 0.15) is 85.9 Å². The molecule has 0 bridgehead atoms. The average Bonchev–Trinajstić information content (AvgIpc) is 4.02. The lowest BCUT2D eigenvalue weighted by Crippen LogP contribution is -2.34. The summed E-state index contributed by atoms with van der Waals surface area (Å²) in [5.41, 5.74) is 0.827. The third-order valence-corrected chi connectivity index (χ3v) is 7.58. The van der Waals surface area contributed by atoms with Crippen molar-refractivity contribution in [3.8, 4) is 0 Å². The minimum atomic E-state index is -0.672. The van der Waals surface area contributed by atoms with Crippen molar-refractivity contribution in [2.24, 2.45) is 0 Å². The summed E-state index contributed by atoms with van der Waals surface area (Å²) in [6, 6.07) is 2.78. The predicted molar refractivity (Wildman–Crippen MR) is 205 cm³/mol. The summed E-state index contributed by atoms with van der Waals surface area (Å²) in [6.07, 6.45) is 8.10. The van der Waals surface area contributed by atoms with E-state index in [1.54, 1.807) is 0 Å². The number of nitrogens with zero attached hydrogens (tertiary/aromatic N) is 3. The van der Waals surface area contributed by atoms with Crippen LogP contribution in [0.2, 0.25) is 0 Å². The van der Waals surface area contributed by atoms with Gasteiger partial charge in [0.15, 0.2) is 17.5 Å². The molecule has 0 unspecified atom stereocenters. The van der Waals surface area contributed by atoms with Crippen LogP contribution in [-0.2, 0) is 14.4 Å². The maximum atomic E-state index is 12.7. The van der Waals surface area contributed by atoms with E-state index in [0.29, 0.717) is 5.69 Å². The van der Waals surface area contributed by atoms with E-state index in [1.165, 1.54) is 49.3 Å². The lowest BCUT2D eigenvalue weighted by Gasteiger charge is -2.08. The number of amides is 8. The van der Waals surface area contributed by atoms with Crippen molar-refractivity contribution in [3.63, 3.8) is 0 Å². The molecule has 0 spiro atoms. The standard InChI is InChI=1S/C34H40N16O8/c1-17(2)44-24(51)3-8-39-32(56)28-42-15-22(49-28)47-25(52)4-6-38-31(55)21-12-19(14-41-21)46-34(58)29-43-16-23(50-29)48-26(53)5-7-37-30(54)20-11-18(13-40-20)45-33(57)27-35-9-10-36-27/h9-17,40-41H,3-8H2,1-2H3,(H,35,36)(H,37,54)(H,38,55)(H,39,56)(H,42,49)(H,43,50)(H,44,51)(H,45,57)(H,46,58)(H,47,52)(H,48,53). The molecular formula is C34H40N16O8. The van der Waals surface area contributed by atoms with Gasteiger partial charge in [0.2, 0.25) is 17.7 Å². The molecule has 0 aliphatic carbocycles. The van der Waals surface area contributed by atoms with E-state index in [0.717, 1.165) is 0 Å². The third-order valence-electron chi connectivity index (χ3n) is 7.58. The fourth-order valence-corrected chi connectivity index (χ4v) is 4.93. The molecule has 0 saturated carbocycles. The van der Waals surface area contributed by atoms with Gasteiger partial charge in [0.1, 0.15) is 23.0 Å². The summed E-state index contributed by atoms with van der Waals surface area (Å²) in [7, 11) is 0. The van der Waals surface area contributed by atoms with E-state index < -0.39 is 41.4 Å². The van der Waals surface area contributed by atoms with Gasteiger partial charge in [0.05, 0.1) is 23.8 Å². The molecule has 0 aromatic carbocycles. The molecule has 0 aliphatic rings. The van der Waals surface area contributed by atoms with Crippen molar-refractivity contribution in [2.75, 3.05) is 40.9 Å². The van der Waals surface area contributed by atoms with Crippen LogP contribution >= 0.6 is 0 Å².